The van der Waals surface area contributed by atoms with Crippen molar-refractivity contribution in [1.29, 1.82) is 0 Å². The van der Waals surface area contributed by atoms with Crippen molar-refractivity contribution in [2.24, 2.45) is 5.92 Å². The monoisotopic (exact) mass is 424 g/mol. The Morgan fingerprint density at radius 3 is 2.00 bits per heavy atom. The van der Waals surface area contributed by atoms with E-state index in [-0.39, 0.29) is 0 Å². The van der Waals surface area contributed by atoms with E-state index in [1.165, 1.54) is 35.1 Å². The largest absolute Gasteiger partial charge is 0.493 e. The molecule has 4 heteroatoms. The second-order valence-electron chi connectivity index (χ2n) is 9.09. The van der Waals surface area contributed by atoms with Crippen LogP contribution in [-0.2, 0) is 25.7 Å². The van der Waals surface area contributed by atoms with Crippen LogP contribution in [0.5, 0.6) is 11.5 Å². The maximum Gasteiger partial charge on any atom is 0.161 e. The summed E-state index contributed by atoms with van der Waals surface area (Å²) in [5, 5.41) is 3.62. The lowest BCUT2D eigenvalue weighted by Gasteiger charge is -2.19. The summed E-state index contributed by atoms with van der Waals surface area (Å²) in [6.45, 7) is 10.1. The van der Waals surface area contributed by atoms with Crippen LogP contribution in [0.15, 0.2) is 36.4 Å². The summed E-state index contributed by atoms with van der Waals surface area (Å²) in [5.41, 5.74) is 5.68. The highest BCUT2D eigenvalue weighted by molar-refractivity contribution is 5.48. The summed E-state index contributed by atoms with van der Waals surface area (Å²) in [7, 11) is 3.42. The molecule has 31 heavy (non-hydrogen) atoms. The van der Waals surface area contributed by atoms with Crippen molar-refractivity contribution in [3.63, 3.8) is 0 Å². The Morgan fingerprint density at radius 1 is 0.871 bits per heavy atom. The van der Waals surface area contributed by atoms with E-state index in [4.69, 9.17) is 9.47 Å². The van der Waals surface area contributed by atoms with Gasteiger partial charge in [0.25, 0.3) is 0 Å². The van der Waals surface area contributed by atoms with Crippen molar-refractivity contribution in [2.75, 3.05) is 46.9 Å². The van der Waals surface area contributed by atoms with Crippen LogP contribution in [0.4, 0.5) is 0 Å². The quantitative estimate of drug-likeness (QED) is 0.538. The fraction of sp³-hybridized carbons (Fsp3) is 0.556. The molecule has 0 saturated carbocycles. The lowest BCUT2D eigenvalue weighted by Crippen LogP contribution is -2.30. The first kappa shape index (κ1) is 23.6. The summed E-state index contributed by atoms with van der Waals surface area (Å²) in [6, 6.07) is 13.5. The van der Waals surface area contributed by atoms with Gasteiger partial charge in [-0.15, -0.1) is 0 Å². The maximum absolute atomic E-state index is 5.48. The first-order valence-electron chi connectivity index (χ1n) is 11.8. The lowest BCUT2D eigenvalue weighted by atomic mass is 10.0. The topological polar surface area (TPSA) is 33.7 Å². The van der Waals surface area contributed by atoms with Gasteiger partial charge in [0, 0.05) is 13.1 Å². The van der Waals surface area contributed by atoms with Gasteiger partial charge < -0.3 is 19.7 Å². The normalized spacial score (nSPS) is 14.4. The summed E-state index contributed by atoms with van der Waals surface area (Å²) in [5.74, 6) is 2.40. The highest BCUT2D eigenvalue weighted by Gasteiger charge is 2.17. The molecule has 0 aromatic heterocycles. The molecule has 170 valence electrons. The van der Waals surface area contributed by atoms with E-state index in [9.17, 15) is 0 Å². The van der Waals surface area contributed by atoms with Gasteiger partial charge in [0.15, 0.2) is 11.5 Å². The lowest BCUT2D eigenvalue weighted by molar-refractivity contribution is 0.282. The molecule has 1 aliphatic heterocycles. The van der Waals surface area contributed by atoms with E-state index in [0.717, 1.165) is 69.4 Å². The summed E-state index contributed by atoms with van der Waals surface area (Å²) < 4.78 is 11.0. The van der Waals surface area contributed by atoms with Gasteiger partial charge in [-0.2, -0.15) is 0 Å². The molecule has 0 amide bonds. The molecule has 0 spiro atoms. The van der Waals surface area contributed by atoms with Crippen LogP contribution < -0.4 is 14.8 Å². The van der Waals surface area contributed by atoms with E-state index in [1.54, 1.807) is 14.2 Å². The molecule has 2 aromatic rings. The Bertz CT molecular complexity index is 767. The van der Waals surface area contributed by atoms with Crippen molar-refractivity contribution in [1.82, 2.24) is 10.2 Å². The van der Waals surface area contributed by atoms with Crippen molar-refractivity contribution in [2.45, 2.75) is 46.0 Å². The van der Waals surface area contributed by atoms with Gasteiger partial charge in [0.1, 0.15) is 0 Å². The zero-order valence-electron chi connectivity index (χ0n) is 19.9. The molecular formula is C27H40N2O2. The molecule has 0 radical (unpaired) electrons. The number of nitrogens with zero attached hydrogens (tertiary/aromatic N) is 1. The summed E-state index contributed by atoms with van der Waals surface area (Å²) in [4.78, 5) is 2.59. The molecule has 2 aromatic carbocycles. The smallest absolute Gasteiger partial charge is 0.161 e. The average molecular weight is 425 g/mol. The SMILES string of the molecule is COc1cc2c(cc1OC)CCN(CCCNCCc1ccc(CC(C)C)cc1)CC2. The first-order chi connectivity index (χ1) is 15.1. The third-order valence-electron chi connectivity index (χ3n) is 6.19. The minimum Gasteiger partial charge on any atom is -0.493 e. The van der Waals surface area contributed by atoms with Crippen LogP contribution in [0.25, 0.3) is 0 Å². The third kappa shape index (κ3) is 7.26. The van der Waals surface area contributed by atoms with Gasteiger partial charge in [-0.25, -0.2) is 0 Å². The molecular weight excluding hydrogens is 384 g/mol. The Hall–Kier alpha value is -2.04. The summed E-state index contributed by atoms with van der Waals surface area (Å²) >= 11 is 0. The van der Waals surface area contributed by atoms with Gasteiger partial charge in [-0.3, -0.25) is 0 Å². The average Bonchev–Trinajstić information content (AvgIpc) is 2.97. The second-order valence-corrected chi connectivity index (χ2v) is 9.09. The van der Waals surface area contributed by atoms with E-state index >= 15 is 0 Å². The minimum atomic E-state index is 0.719. The van der Waals surface area contributed by atoms with Crippen LogP contribution >= 0.6 is 0 Å². The molecule has 1 aliphatic rings. The number of ether oxygens (including phenoxy) is 2. The second kappa shape index (κ2) is 12.1. The third-order valence-corrected chi connectivity index (χ3v) is 6.19. The predicted molar refractivity (Wildman–Crippen MR) is 130 cm³/mol. The van der Waals surface area contributed by atoms with Gasteiger partial charge in [-0.1, -0.05) is 38.1 Å². The van der Waals surface area contributed by atoms with E-state index < -0.39 is 0 Å². The molecule has 0 bridgehead atoms. The predicted octanol–water partition coefficient (Wildman–Crippen LogP) is 4.53. The number of rotatable bonds is 11. The van der Waals surface area contributed by atoms with Crippen molar-refractivity contribution in [3.05, 3.63) is 58.7 Å². The molecule has 1 heterocycles. The minimum absolute atomic E-state index is 0.719. The Morgan fingerprint density at radius 2 is 1.45 bits per heavy atom. The molecule has 0 aliphatic carbocycles. The van der Waals surface area contributed by atoms with Gasteiger partial charge in [0.2, 0.25) is 0 Å². The standard InChI is InChI=1S/C27H40N2O2/c1-21(2)18-23-8-6-22(7-9-23)10-14-28-13-5-15-29-16-11-24-19-26(30-3)27(31-4)20-25(24)12-17-29/h6-9,19-21,28H,5,10-18H2,1-4H3. The maximum atomic E-state index is 5.48. The van der Waals surface area contributed by atoms with Crippen molar-refractivity contribution >= 4 is 0 Å². The van der Waals surface area contributed by atoms with Crippen LogP contribution in [-0.4, -0.2) is 51.8 Å². The fourth-order valence-electron chi connectivity index (χ4n) is 4.42. The summed E-state index contributed by atoms with van der Waals surface area (Å²) in [6.07, 6.45) is 5.62. The molecule has 0 unspecified atom stereocenters. The number of nitrogens with one attached hydrogen (secondary N) is 1. The highest BCUT2D eigenvalue weighted by Crippen LogP contribution is 2.32. The van der Waals surface area contributed by atoms with Crippen molar-refractivity contribution < 1.29 is 9.47 Å². The van der Waals surface area contributed by atoms with E-state index in [1.807, 2.05) is 0 Å². The van der Waals surface area contributed by atoms with E-state index in [0.29, 0.717) is 0 Å². The number of fused-ring (bicyclic) bond motifs is 1. The van der Waals surface area contributed by atoms with Crippen molar-refractivity contribution in [3.8, 4) is 11.5 Å². The number of methoxy groups -OCH3 is 2. The Labute approximate surface area is 188 Å². The van der Waals surface area contributed by atoms with Gasteiger partial charge in [-0.05, 0) is 92.0 Å². The molecule has 1 N–H and O–H groups in total. The number of hydrogen-bond acceptors (Lipinski definition) is 4. The Balaban J connectivity index is 1.34. The zero-order chi connectivity index (χ0) is 22.1. The van der Waals surface area contributed by atoms with Gasteiger partial charge in [0.05, 0.1) is 14.2 Å². The molecule has 0 atom stereocenters. The molecule has 0 fully saturated rings. The zero-order valence-corrected chi connectivity index (χ0v) is 19.9. The van der Waals surface area contributed by atoms with Gasteiger partial charge >= 0.3 is 0 Å². The van der Waals surface area contributed by atoms with Crippen LogP contribution in [0, 0.1) is 5.92 Å². The fourth-order valence-corrected chi connectivity index (χ4v) is 4.42. The number of hydrogen-bond donors (Lipinski definition) is 1. The van der Waals surface area contributed by atoms with Crippen LogP contribution in [0.2, 0.25) is 0 Å². The molecule has 0 saturated heterocycles. The number of benzene rings is 2. The highest BCUT2D eigenvalue weighted by atomic mass is 16.5. The Kier molecular flexibility index (Phi) is 9.23. The van der Waals surface area contributed by atoms with Crippen LogP contribution in [0.1, 0.15) is 42.5 Å². The molecule has 4 nitrogen and oxygen atoms in total. The molecule has 3 rings (SSSR count). The first-order valence-corrected chi connectivity index (χ1v) is 11.8. The van der Waals surface area contributed by atoms with E-state index in [2.05, 4.69) is 60.5 Å². The van der Waals surface area contributed by atoms with Crippen LogP contribution in [0.3, 0.4) is 0 Å².